The molecule has 0 atom stereocenters. The van der Waals surface area contributed by atoms with Gasteiger partial charge in [0.05, 0.1) is 12.9 Å². The van der Waals surface area contributed by atoms with Gasteiger partial charge in [0.25, 0.3) is 0 Å². The number of nitrogens with one attached hydrogen (secondary N) is 1. The Labute approximate surface area is 187 Å². The second kappa shape index (κ2) is 10.4. The predicted octanol–water partition coefficient (Wildman–Crippen LogP) is 5.29. The fraction of sp³-hybridized carbons (Fsp3) is 0.280. The number of aromatic nitrogens is 1. The smallest absolute Gasteiger partial charge is 0.221 e. The second-order valence-corrected chi connectivity index (χ2v) is 8.50. The number of hydrogen-bond acceptors (Lipinski definition) is 4. The fourth-order valence-corrected chi connectivity index (χ4v) is 4.31. The number of carbonyl (C=O) groups is 2. The van der Waals surface area contributed by atoms with Crippen LogP contribution in [0.25, 0.3) is 0 Å². The lowest BCUT2D eigenvalue weighted by Crippen LogP contribution is -2.08. The van der Waals surface area contributed by atoms with E-state index in [0.717, 1.165) is 46.2 Å². The molecule has 1 N–H and O–H groups in total. The Kier molecular flexibility index (Phi) is 7.58. The van der Waals surface area contributed by atoms with Gasteiger partial charge < -0.3 is 14.6 Å². The predicted molar refractivity (Wildman–Crippen MR) is 126 cm³/mol. The summed E-state index contributed by atoms with van der Waals surface area (Å²) in [5.74, 6) is 1.26. The number of thioether (sulfide) groups is 1. The Morgan fingerprint density at radius 3 is 2.32 bits per heavy atom. The van der Waals surface area contributed by atoms with E-state index in [2.05, 4.69) is 22.0 Å². The summed E-state index contributed by atoms with van der Waals surface area (Å²) in [6.45, 7) is 6.37. The molecule has 0 fully saturated rings. The number of aryl methyl sites for hydroxylation is 2. The van der Waals surface area contributed by atoms with Gasteiger partial charge >= 0.3 is 0 Å². The molecule has 3 rings (SSSR count). The highest BCUT2D eigenvalue weighted by Gasteiger charge is 2.16. The summed E-state index contributed by atoms with van der Waals surface area (Å²) in [4.78, 5) is 25.0. The van der Waals surface area contributed by atoms with Gasteiger partial charge in [-0.15, -0.1) is 11.8 Å². The summed E-state index contributed by atoms with van der Waals surface area (Å²) in [5, 5.41) is 2.74. The number of hydrogen-bond donors (Lipinski definition) is 1. The highest BCUT2D eigenvalue weighted by atomic mass is 32.2. The largest absolute Gasteiger partial charge is 0.497 e. The van der Waals surface area contributed by atoms with E-state index in [4.69, 9.17) is 4.74 Å². The van der Waals surface area contributed by atoms with Crippen LogP contribution < -0.4 is 10.1 Å². The van der Waals surface area contributed by atoms with Crippen molar-refractivity contribution in [3.05, 3.63) is 77.1 Å². The topological polar surface area (TPSA) is 60.3 Å². The molecule has 0 radical (unpaired) electrons. The van der Waals surface area contributed by atoms with Crippen molar-refractivity contribution in [3.63, 3.8) is 0 Å². The van der Waals surface area contributed by atoms with Crippen LogP contribution in [0.5, 0.6) is 5.75 Å². The van der Waals surface area contributed by atoms with Crippen molar-refractivity contribution in [1.29, 1.82) is 0 Å². The van der Waals surface area contributed by atoms with Gasteiger partial charge in [-0.3, -0.25) is 9.59 Å². The molecule has 1 amide bonds. The van der Waals surface area contributed by atoms with Crippen molar-refractivity contribution < 1.29 is 14.3 Å². The first kappa shape index (κ1) is 22.7. The van der Waals surface area contributed by atoms with Crippen LogP contribution >= 0.6 is 11.8 Å². The third-order valence-corrected chi connectivity index (χ3v) is 6.21. The highest BCUT2D eigenvalue weighted by molar-refractivity contribution is 8.00. The van der Waals surface area contributed by atoms with Crippen molar-refractivity contribution in [1.82, 2.24) is 4.57 Å². The third-order valence-electron chi connectivity index (χ3n) is 5.20. The molecule has 0 aliphatic heterocycles. The van der Waals surface area contributed by atoms with Gasteiger partial charge in [-0.2, -0.15) is 0 Å². The Morgan fingerprint density at radius 2 is 1.71 bits per heavy atom. The molecular weight excluding hydrogens is 408 g/mol. The number of amides is 1. The summed E-state index contributed by atoms with van der Waals surface area (Å²) in [6.07, 6.45) is 0.892. The summed E-state index contributed by atoms with van der Waals surface area (Å²) in [7, 11) is 1.67. The van der Waals surface area contributed by atoms with Gasteiger partial charge in [-0.1, -0.05) is 12.1 Å². The van der Waals surface area contributed by atoms with E-state index < -0.39 is 0 Å². The lowest BCUT2D eigenvalue weighted by atomic mass is 10.1. The quantitative estimate of drug-likeness (QED) is 0.366. The van der Waals surface area contributed by atoms with Crippen molar-refractivity contribution in [3.8, 4) is 5.75 Å². The number of benzene rings is 2. The van der Waals surface area contributed by atoms with E-state index >= 15 is 0 Å². The summed E-state index contributed by atoms with van der Waals surface area (Å²) >= 11 is 1.51. The zero-order valence-corrected chi connectivity index (χ0v) is 19.2. The Bertz CT molecular complexity index is 1050. The Hall–Kier alpha value is -2.99. The number of rotatable bonds is 9. The van der Waals surface area contributed by atoms with Gasteiger partial charge in [0, 0.05) is 41.0 Å². The molecule has 2 aromatic carbocycles. The SMILES string of the molecule is COc1ccc(CCn2c(C)cc(C(=O)CSc3ccc(NC(C)=O)cc3)c2C)cc1. The van der Waals surface area contributed by atoms with Crippen LogP contribution in [0, 0.1) is 13.8 Å². The molecule has 162 valence electrons. The number of anilines is 1. The van der Waals surface area contributed by atoms with Gasteiger partial charge in [0.1, 0.15) is 5.75 Å². The Morgan fingerprint density at radius 1 is 1.03 bits per heavy atom. The van der Waals surface area contributed by atoms with Crippen molar-refractivity contribution >= 4 is 29.1 Å². The molecular formula is C25H28N2O3S. The molecule has 3 aromatic rings. The number of ketones is 1. The molecule has 0 saturated carbocycles. The van der Waals surface area contributed by atoms with E-state index in [-0.39, 0.29) is 11.7 Å². The number of ether oxygens (including phenoxy) is 1. The average molecular weight is 437 g/mol. The number of Topliss-reactive ketones (excluding diaryl/α,β-unsaturated/α-hetero) is 1. The summed E-state index contributed by atoms with van der Waals surface area (Å²) in [6, 6.07) is 17.6. The third kappa shape index (κ3) is 6.01. The maximum Gasteiger partial charge on any atom is 0.221 e. The van der Waals surface area contributed by atoms with Crippen LogP contribution in [0.1, 0.15) is 34.2 Å². The first-order chi connectivity index (χ1) is 14.9. The van der Waals surface area contributed by atoms with E-state index in [0.29, 0.717) is 5.75 Å². The van der Waals surface area contributed by atoms with Crippen molar-refractivity contribution in [2.75, 3.05) is 18.2 Å². The minimum Gasteiger partial charge on any atom is -0.497 e. The standard InChI is InChI=1S/C25H28N2O3S/c1-17-15-24(18(2)27(17)14-13-20-5-9-22(30-4)10-6-20)25(29)16-31-23-11-7-21(8-12-23)26-19(3)28/h5-12,15H,13-14,16H2,1-4H3,(H,26,28). The average Bonchev–Trinajstić information content (AvgIpc) is 3.05. The molecule has 0 bridgehead atoms. The maximum absolute atomic E-state index is 12.9. The summed E-state index contributed by atoms with van der Waals surface area (Å²) in [5.41, 5.74) is 4.88. The molecule has 31 heavy (non-hydrogen) atoms. The van der Waals surface area contributed by atoms with Crippen molar-refractivity contribution in [2.45, 2.75) is 38.6 Å². The maximum atomic E-state index is 12.9. The van der Waals surface area contributed by atoms with Crippen LogP contribution in [0.4, 0.5) is 5.69 Å². The number of methoxy groups -OCH3 is 1. The molecule has 0 spiro atoms. The van der Waals surface area contributed by atoms with Crippen LogP contribution in [0.3, 0.4) is 0 Å². The first-order valence-corrected chi connectivity index (χ1v) is 11.2. The lowest BCUT2D eigenvalue weighted by Gasteiger charge is -2.10. The molecule has 0 aliphatic rings. The van der Waals surface area contributed by atoms with E-state index in [1.54, 1.807) is 7.11 Å². The first-order valence-electron chi connectivity index (χ1n) is 10.2. The molecule has 1 aromatic heterocycles. The molecule has 0 unspecified atom stereocenters. The normalized spacial score (nSPS) is 10.7. The van der Waals surface area contributed by atoms with Crippen LogP contribution in [-0.4, -0.2) is 29.1 Å². The lowest BCUT2D eigenvalue weighted by molar-refractivity contribution is -0.114. The van der Waals surface area contributed by atoms with Gasteiger partial charge in [0.2, 0.25) is 5.91 Å². The van der Waals surface area contributed by atoms with Gasteiger partial charge in [-0.05, 0) is 68.3 Å². The van der Waals surface area contributed by atoms with Crippen LogP contribution in [-0.2, 0) is 17.8 Å². The number of nitrogens with zero attached hydrogens (tertiary/aromatic N) is 1. The monoisotopic (exact) mass is 436 g/mol. The zero-order chi connectivity index (χ0) is 22.4. The van der Waals surface area contributed by atoms with E-state index in [1.165, 1.54) is 24.2 Å². The molecule has 0 saturated heterocycles. The Balaban J connectivity index is 1.60. The van der Waals surface area contributed by atoms with Crippen molar-refractivity contribution in [2.24, 2.45) is 0 Å². The van der Waals surface area contributed by atoms with Gasteiger partial charge in [0.15, 0.2) is 5.78 Å². The number of carbonyl (C=O) groups excluding carboxylic acids is 2. The van der Waals surface area contributed by atoms with E-state index in [1.807, 2.05) is 56.3 Å². The van der Waals surface area contributed by atoms with E-state index in [9.17, 15) is 9.59 Å². The second-order valence-electron chi connectivity index (χ2n) is 7.45. The zero-order valence-electron chi connectivity index (χ0n) is 18.4. The molecule has 1 heterocycles. The minimum atomic E-state index is -0.0991. The molecule has 6 heteroatoms. The molecule has 0 aliphatic carbocycles. The summed E-state index contributed by atoms with van der Waals surface area (Å²) < 4.78 is 7.43. The van der Waals surface area contributed by atoms with Gasteiger partial charge in [-0.25, -0.2) is 0 Å². The fourth-order valence-electron chi connectivity index (χ4n) is 3.52. The highest BCUT2D eigenvalue weighted by Crippen LogP contribution is 2.24. The van der Waals surface area contributed by atoms with Crippen LogP contribution in [0.15, 0.2) is 59.5 Å². The van der Waals surface area contributed by atoms with Crippen LogP contribution in [0.2, 0.25) is 0 Å². The minimum absolute atomic E-state index is 0.0991. The molecule has 5 nitrogen and oxygen atoms in total.